The lowest BCUT2D eigenvalue weighted by Crippen LogP contribution is -3.00. The molecule has 0 amide bonds. The molecule has 0 radical (unpaired) electrons. The molecule has 0 aromatic heterocycles. The van der Waals surface area contributed by atoms with Crippen LogP contribution in [0.2, 0.25) is 0 Å². The Morgan fingerprint density at radius 3 is 2.58 bits per heavy atom. The topological polar surface area (TPSA) is 56.7 Å². The van der Waals surface area contributed by atoms with Crippen molar-refractivity contribution in [2.75, 3.05) is 18.3 Å². The van der Waals surface area contributed by atoms with Gasteiger partial charge >= 0.3 is 5.97 Å². The quantitative estimate of drug-likeness (QED) is 0.434. The smallest absolute Gasteiger partial charge is 0.514 e. The molecule has 3 nitrogen and oxygen atoms in total. The minimum absolute atomic E-state index is 0. The second-order valence-corrected chi connectivity index (χ2v) is 3.46. The van der Waals surface area contributed by atoms with E-state index < -0.39 is 0 Å². The second kappa shape index (κ2) is 9.51. The summed E-state index contributed by atoms with van der Waals surface area (Å²) in [4.78, 5) is 9.08. The van der Waals surface area contributed by atoms with E-state index in [-0.39, 0.29) is 24.4 Å². The fraction of sp³-hybridized carbons (Fsp3) is 0.833. The van der Waals surface area contributed by atoms with E-state index in [0.29, 0.717) is 0 Å². The van der Waals surface area contributed by atoms with E-state index in [0.717, 1.165) is 24.2 Å². The largest absolute Gasteiger partial charge is 1.00 e. The molecule has 0 aliphatic carbocycles. The van der Waals surface area contributed by atoms with Gasteiger partial charge in [0.1, 0.15) is 0 Å². The van der Waals surface area contributed by atoms with E-state index in [4.69, 9.17) is 14.7 Å². The zero-order chi connectivity index (χ0) is 8.69. The van der Waals surface area contributed by atoms with E-state index in [1.54, 1.807) is 18.0 Å². The van der Waals surface area contributed by atoms with Gasteiger partial charge in [-0.25, -0.2) is 4.18 Å². The maximum absolute atomic E-state index is 9.08. The SMILES string of the molecule is CSCCC(N)C(=[OH+])OSC.[Cl-]. The van der Waals surface area contributed by atoms with Gasteiger partial charge in [-0.1, -0.05) is 0 Å². The molecule has 0 bridgehead atoms. The molecule has 0 saturated heterocycles. The Bertz CT molecular complexity index is 126. The number of nitrogens with two attached hydrogens (primary N) is 1. The molecule has 0 aliphatic rings. The molecule has 0 saturated carbocycles. The Morgan fingerprint density at radius 2 is 2.17 bits per heavy atom. The second-order valence-electron chi connectivity index (χ2n) is 1.98. The Hall–Kier alpha value is 0.420. The molecule has 6 heteroatoms. The molecule has 1 atom stereocenters. The standard InChI is InChI=1S/C6H13NO2S2.ClH/c1-10-4-3-5(7)6(8)9-11-2;/h5H,3-4,7H2,1-2H3;1H. The molecule has 0 fully saturated rings. The van der Waals surface area contributed by atoms with Crippen LogP contribution in [-0.4, -0.2) is 35.1 Å². The van der Waals surface area contributed by atoms with E-state index in [9.17, 15) is 0 Å². The van der Waals surface area contributed by atoms with Gasteiger partial charge in [-0.05, 0) is 18.4 Å². The number of thioether (sulfide) groups is 1. The van der Waals surface area contributed by atoms with Crippen molar-refractivity contribution in [3.05, 3.63) is 0 Å². The van der Waals surface area contributed by atoms with Crippen molar-refractivity contribution in [3.8, 4) is 0 Å². The first-order chi connectivity index (χ1) is 5.22. The highest BCUT2D eigenvalue weighted by Gasteiger charge is 2.22. The van der Waals surface area contributed by atoms with Gasteiger partial charge in [0.15, 0.2) is 6.04 Å². The average molecular weight is 232 g/mol. The van der Waals surface area contributed by atoms with Crippen LogP contribution in [0.25, 0.3) is 0 Å². The van der Waals surface area contributed by atoms with Crippen LogP contribution in [0.3, 0.4) is 0 Å². The van der Waals surface area contributed by atoms with Gasteiger partial charge in [0.25, 0.3) is 0 Å². The summed E-state index contributed by atoms with van der Waals surface area (Å²) in [5, 5.41) is 0. The Balaban J connectivity index is 0. The van der Waals surface area contributed by atoms with Crippen molar-refractivity contribution in [1.29, 1.82) is 0 Å². The molecule has 0 heterocycles. The summed E-state index contributed by atoms with van der Waals surface area (Å²) in [5.41, 5.74) is 5.55. The molecular weight excluding hydrogens is 218 g/mol. The predicted molar refractivity (Wildman–Crippen MR) is 52.5 cm³/mol. The van der Waals surface area contributed by atoms with Crippen LogP contribution in [0.1, 0.15) is 6.42 Å². The third kappa shape index (κ3) is 7.09. The van der Waals surface area contributed by atoms with Crippen LogP contribution < -0.4 is 18.1 Å². The van der Waals surface area contributed by atoms with Crippen molar-refractivity contribution in [2.45, 2.75) is 12.5 Å². The molecule has 0 aliphatic heterocycles. The highest BCUT2D eigenvalue weighted by Crippen LogP contribution is 2.03. The normalized spacial score (nSPS) is 11.6. The summed E-state index contributed by atoms with van der Waals surface area (Å²) in [6.07, 6.45) is 4.48. The van der Waals surface area contributed by atoms with Crippen molar-refractivity contribution in [3.63, 3.8) is 0 Å². The fourth-order valence-corrected chi connectivity index (χ4v) is 1.30. The molecule has 0 aromatic carbocycles. The van der Waals surface area contributed by atoms with Crippen LogP contribution in [0.5, 0.6) is 0 Å². The van der Waals surface area contributed by atoms with Crippen molar-refractivity contribution >= 4 is 29.8 Å². The van der Waals surface area contributed by atoms with Crippen LogP contribution in [0.4, 0.5) is 0 Å². The molecule has 0 aromatic rings. The number of halogens is 1. The monoisotopic (exact) mass is 231 g/mol. The molecule has 12 heavy (non-hydrogen) atoms. The maximum atomic E-state index is 9.08. The van der Waals surface area contributed by atoms with Gasteiger partial charge in [0, 0.05) is 6.26 Å². The van der Waals surface area contributed by atoms with Crippen LogP contribution in [0, 0.1) is 0 Å². The number of hydrogen-bond donors (Lipinski definition) is 1. The van der Waals surface area contributed by atoms with E-state index in [2.05, 4.69) is 0 Å². The summed E-state index contributed by atoms with van der Waals surface area (Å²) >= 11 is 2.80. The summed E-state index contributed by atoms with van der Waals surface area (Å²) in [5.74, 6) is 0.856. The van der Waals surface area contributed by atoms with Gasteiger partial charge in [-0.3, -0.25) is 0 Å². The van der Waals surface area contributed by atoms with Gasteiger partial charge in [0.2, 0.25) is 12.0 Å². The van der Waals surface area contributed by atoms with Crippen molar-refractivity contribution < 1.29 is 21.4 Å². The number of hydrogen-bond acceptors (Lipinski definition) is 4. The van der Waals surface area contributed by atoms with Gasteiger partial charge in [-0.2, -0.15) is 11.8 Å². The van der Waals surface area contributed by atoms with Crippen molar-refractivity contribution in [2.24, 2.45) is 5.73 Å². The maximum Gasteiger partial charge on any atom is 0.514 e. The summed E-state index contributed by atoms with van der Waals surface area (Å²) in [6.45, 7) is 0. The lowest BCUT2D eigenvalue weighted by molar-refractivity contribution is -0.00000424. The first-order valence-electron chi connectivity index (χ1n) is 3.23. The zero-order valence-corrected chi connectivity index (χ0v) is 9.51. The summed E-state index contributed by atoms with van der Waals surface area (Å²) in [7, 11) is 0. The molecule has 0 rings (SSSR count). The predicted octanol–water partition coefficient (Wildman–Crippen LogP) is -2.13. The van der Waals surface area contributed by atoms with E-state index >= 15 is 0 Å². The van der Waals surface area contributed by atoms with Crippen molar-refractivity contribution in [1.82, 2.24) is 0 Å². The lowest BCUT2D eigenvalue weighted by atomic mass is 10.2. The van der Waals surface area contributed by atoms with Gasteiger partial charge in [0.05, 0.1) is 0 Å². The molecule has 0 spiro atoms. The third-order valence-electron chi connectivity index (χ3n) is 1.12. The fourth-order valence-electron chi connectivity index (χ4n) is 0.515. The number of rotatable bonds is 5. The molecule has 1 unspecified atom stereocenters. The molecule has 74 valence electrons. The van der Waals surface area contributed by atoms with Crippen LogP contribution in [0.15, 0.2) is 0 Å². The average Bonchev–Trinajstić information content (AvgIpc) is 2.00. The minimum Gasteiger partial charge on any atom is -1.00 e. The Kier molecular flexibility index (Phi) is 11.8. The van der Waals surface area contributed by atoms with Gasteiger partial charge < -0.3 is 22.9 Å². The summed E-state index contributed by atoms with van der Waals surface area (Å²) in [6, 6.07) is -0.352. The number of carbonyl (C=O) groups excluding carboxylic acids is 1. The Labute approximate surface area is 87.8 Å². The zero-order valence-electron chi connectivity index (χ0n) is 7.12. The first-order valence-corrected chi connectivity index (χ1v) is 5.77. The van der Waals surface area contributed by atoms with Crippen LogP contribution in [-0.2, 0) is 4.18 Å². The molecular formula is C6H14ClNO2S2. The van der Waals surface area contributed by atoms with E-state index in [1.165, 1.54) is 0 Å². The summed E-state index contributed by atoms with van der Waals surface area (Å²) < 4.78 is 4.76. The highest BCUT2D eigenvalue weighted by molar-refractivity contribution is 7.98. The first kappa shape index (κ1) is 14.9. The van der Waals surface area contributed by atoms with E-state index in [1.807, 2.05) is 6.26 Å². The Morgan fingerprint density at radius 1 is 1.58 bits per heavy atom. The molecule has 3 N–H and O–H groups in total. The minimum atomic E-state index is -0.352. The lowest BCUT2D eigenvalue weighted by Gasteiger charge is -2.00. The third-order valence-corrected chi connectivity index (χ3v) is 2.10. The van der Waals surface area contributed by atoms with Gasteiger partial charge in [-0.15, -0.1) is 0 Å². The van der Waals surface area contributed by atoms with Crippen LogP contribution >= 0.6 is 23.8 Å². The highest BCUT2D eigenvalue weighted by atomic mass is 35.5.